The molecule has 2 aromatic carbocycles. The zero-order chi connectivity index (χ0) is 23.0. The monoisotopic (exact) mass is 507 g/mol. The van der Waals surface area contributed by atoms with Crippen LogP contribution in [0, 0.1) is 24.7 Å². The summed E-state index contributed by atoms with van der Waals surface area (Å²) in [6, 6.07) is 11.1. The van der Waals surface area contributed by atoms with Crippen molar-refractivity contribution in [1.82, 2.24) is 0 Å². The number of rotatable bonds is 3. The molecule has 3 amide bonds. The summed E-state index contributed by atoms with van der Waals surface area (Å²) in [7, 11) is 0. The number of carbonyl (C=O) groups excluding carboxylic acids is 3. The molecule has 0 saturated carbocycles. The Balaban J connectivity index is 0.000000597. The van der Waals surface area contributed by atoms with E-state index in [-0.39, 0.29) is 117 Å². The van der Waals surface area contributed by atoms with Gasteiger partial charge in [0.1, 0.15) is 0 Å². The van der Waals surface area contributed by atoms with Crippen molar-refractivity contribution in [2.24, 2.45) is 10.8 Å². The van der Waals surface area contributed by atoms with Gasteiger partial charge in [-0.3, -0.25) is 4.79 Å². The molecule has 0 fully saturated rings. The first kappa shape index (κ1) is 34.0. The topological polar surface area (TPSA) is 137 Å². The van der Waals surface area contributed by atoms with Crippen LogP contribution in [0.4, 0.5) is 11.4 Å². The maximum absolute atomic E-state index is 11.2. The van der Waals surface area contributed by atoms with Gasteiger partial charge in [-0.05, 0) is 72.2 Å². The molecule has 2 aliphatic carbocycles. The van der Waals surface area contributed by atoms with Crippen LogP contribution in [0.25, 0.3) is 11.5 Å². The number of fused-ring (bicyclic) bond motifs is 2. The Hall–Kier alpha value is -0.0123. The Morgan fingerprint density at radius 2 is 1.24 bits per heavy atom. The van der Waals surface area contributed by atoms with E-state index in [1.807, 2.05) is 30.3 Å². The minimum absolute atomic E-state index is 0. The van der Waals surface area contributed by atoms with Gasteiger partial charge in [0.25, 0.3) is 0 Å². The maximum Gasteiger partial charge on any atom is 1.00 e. The predicted molar refractivity (Wildman–Crippen MR) is 126 cm³/mol. The van der Waals surface area contributed by atoms with Gasteiger partial charge in [0.2, 0.25) is 5.91 Å². The van der Waals surface area contributed by atoms with Crippen LogP contribution in [-0.4, -0.2) is 26.1 Å². The van der Waals surface area contributed by atoms with Crippen molar-refractivity contribution < 1.29 is 117 Å². The minimum Gasteiger partial charge on any atom is -0.670 e. The molecule has 2 atom stereocenters. The summed E-state index contributed by atoms with van der Waals surface area (Å²) in [6.45, 7) is 9.14. The number of nitrogen functional groups attached to an aromatic ring is 1. The quantitative estimate of drug-likeness (QED) is 0.270. The second-order valence-corrected chi connectivity index (χ2v) is 8.62. The smallest absolute Gasteiger partial charge is 0.670 e. The van der Waals surface area contributed by atoms with Gasteiger partial charge < -0.3 is 46.0 Å². The third kappa shape index (κ3) is 7.99. The summed E-state index contributed by atoms with van der Waals surface area (Å²) in [5.41, 5.74) is 24.0. The molecule has 0 aromatic heterocycles. The molecule has 4 rings (SSSR count). The normalized spacial score (nSPS) is 21.1. The SMILES string of the molecule is [B].[CH2-]C1(C([NH-])=O)Cc2ccc(N)cc2C1.[CH2-]C1(C([NH-])=O)Cc2ccc(NC(C)=O)cc2C1.[K+].[K+]. The van der Waals surface area contributed by atoms with Crippen LogP contribution in [0.15, 0.2) is 36.4 Å². The van der Waals surface area contributed by atoms with Crippen LogP contribution >= 0.6 is 0 Å². The summed E-state index contributed by atoms with van der Waals surface area (Å²) in [6.07, 6.45) is 2.07. The molecule has 2 aliphatic rings. The largest absolute Gasteiger partial charge is 1.00 e. The summed E-state index contributed by atoms with van der Waals surface area (Å²) >= 11 is 0. The molecule has 0 bridgehead atoms. The molecule has 2 aromatic rings. The van der Waals surface area contributed by atoms with E-state index in [4.69, 9.17) is 17.2 Å². The standard InChI is InChI=1S/C13H15N2O2.C11H13N2O.B.2K/c1-8(16)15-11-4-3-9-6-13(2,12(14)17)7-10(9)5-11;1-11(10(13)14)5-7-2-3-9(12)4-8(7)6-11;;;/h3-5H,2,6-7H2,1H3,(H3,14,15,16,17);2-4H,1,5-6,12H2,(H2,13,14);;;/q2*-1;;2*+1/p-2. The van der Waals surface area contributed by atoms with Crippen LogP contribution in [0.1, 0.15) is 29.2 Å². The third-order valence-electron chi connectivity index (χ3n) is 5.84. The Morgan fingerprint density at radius 3 is 1.68 bits per heavy atom. The van der Waals surface area contributed by atoms with Gasteiger partial charge in [0.05, 0.1) is 0 Å². The van der Waals surface area contributed by atoms with E-state index in [0.717, 1.165) is 27.9 Å². The average molecular weight is 508 g/mol. The second-order valence-electron chi connectivity index (χ2n) is 8.62. The zero-order valence-electron chi connectivity index (χ0n) is 20.1. The number of hydrogen-bond acceptors (Lipinski definition) is 4. The molecule has 167 valence electrons. The molecule has 10 heteroatoms. The van der Waals surface area contributed by atoms with Crippen molar-refractivity contribution in [2.45, 2.75) is 32.6 Å². The third-order valence-corrected chi connectivity index (χ3v) is 5.84. The second kappa shape index (κ2) is 13.5. The van der Waals surface area contributed by atoms with E-state index in [2.05, 4.69) is 19.2 Å². The molecule has 0 spiro atoms. The van der Waals surface area contributed by atoms with Crippen molar-refractivity contribution in [3.05, 3.63) is 84.0 Å². The molecule has 7 nitrogen and oxygen atoms in total. The van der Waals surface area contributed by atoms with Crippen molar-refractivity contribution in [3.8, 4) is 0 Å². The van der Waals surface area contributed by atoms with Crippen LogP contribution in [-0.2, 0) is 40.1 Å². The Bertz CT molecular complexity index is 1080. The summed E-state index contributed by atoms with van der Waals surface area (Å²) in [5, 5.41) is 2.70. The minimum atomic E-state index is -0.850. The number of hydrogen-bond donors (Lipinski definition) is 2. The summed E-state index contributed by atoms with van der Waals surface area (Å²) in [4.78, 5) is 33.3. The van der Waals surface area contributed by atoms with Gasteiger partial charge in [-0.15, -0.1) is 10.8 Å². The number of anilines is 2. The first-order valence-electron chi connectivity index (χ1n) is 9.91. The first-order chi connectivity index (χ1) is 14.4. The Labute approximate surface area is 288 Å². The fourth-order valence-corrected chi connectivity index (χ4v) is 4.13. The predicted octanol–water partition coefficient (Wildman–Crippen LogP) is -2.46. The van der Waals surface area contributed by atoms with E-state index in [1.54, 1.807) is 6.07 Å². The van der Waals surface area contributed by atoms with Crippen molar-refractivity contribution in [1.29, 1.82) is 0 Å². The van der Waals surface area contributed by atoms with Gasteiger partial charge in [-0.2, -0.15) is 0 Å². The number of amides is 3. The number of nitrogens with one attached hydrogen (secondary N) is 3. The van der Waals surface area contributed by atoms with Gasteiger partial charge in [-0.25, -0.2) is 0 Å². The van der Waals surface area contributed by atoms with E-state index in [9.17, 15) is 14.4 Å². The van der Waals surface area contributed by atoms with E-state index >= 15 is 0 Å². The number of carbonyl (C=O) groups is 3. The maximum atomic E-state index is 11.2. The summed E-state index contributed by atoms with van der Waals surface area (Å²) in [5.74, 6) is -1.34. The Kier molecular flexibility index (Phi) is 13.5. The number of benzene rings is 2. The summed E-state index contributed by atoms with van der Waals surface area (Å²) < 4.78 is 0. The molecular weight excluding hydrogens is 481 g/mol. The zero-order valence-corrected chi connectivity index (χ0v) is 26.3. The van der Waals surface area contributed by atoms with Crippen LogP contribution < -0.4 is 114 Å². The van der Waals surface area contributed by atoms with Crippen LogP contribution in [0.5, 0.6) is 0 Å². The molecule has 3 radical (unpaired) electrons. The van der Waals surface area contributed by atoms with Gasteiger partial charge in [0.15, 0.2) is 0 Å². The van der Waals surface area contributed by atoms with Gasteiger partial charge in [-0.1, -0.05) is 12.1 Å². The number of nitrogens with two attached hydrogens (primary N) is 1. The molecule has 0 aliphatic heterocycles. The van der Waals surface area contributed by atoms with E-state index < -0.39 is 22.6 Å². The molecular formula is C24H26BK2N4O3-2. The van der Waals surface area contributed by atoms with Crippen molar-refractivity contribution in [2.75, 3.05) is 11.1 Å². The average Bonchev–Trinajstić information content (AvgIpc) is 3.18. The van der Waals surface area contributed by atoms with Crippen molar-refractivity contribution >= 4 is 37.5 Å². The fraction of sp³-hybridized carbons (Fsp3) is 0.292. The molecule has 5 N–H and O–H groups in total. The molecule has 2 unspecified atom stereocenters. The molecule has 34 heavy (non-hydrogen) atoms. The van der Waals surface area contributed by atoms with E-state index in [0.29, 0.717) is 31.4 Å². The van der Waals surface area contributed by atoms with Crippen molar-refractivity contribution in [3.63, 3.8) is 0 Å². The van der Waals surface area contributed by atoms with Gasteiger partial charge in [0, 0.05) is 38.5 Å². The molecule has 0 saturated heterocycles. The molecule has 0 heterocycles. The fourth-order valence-electron chi connectivity index (χ4n) is 4.13. The Morgan fingerprint density at radius 1 is 0.824 bits per heavy atom. The van der Waals surface area contributed by atoms with Gasteiger partial charge >= 0.3 is 103 Å². The van der Waals surface area contributed by atoms with Crippen LogP contribution in [0.2, 0.25) is 0 Å². The van der Waals surface area contributed by atoms with E-state index in [1.165, 1.54) is 6.92 Å². The van der Waals surface area contributed by atoms with Crippen LogP contribution in [0.3, 0.4) is 0 Å². The first-order valence-corrected chi connectivity index (χ1v) is 9.91.